The maximum absolute atomic E-state index is 13.9. The van der Waals surface area contributed by atoms with Crippen molar-refractivity contribution in [1.29, 1.82) is 0 Å². The van der Waals surface area contributed by atoms with Gasteiger partial charge in [0.25, 0.3) is 0 Å². The summed E-state index contributed by atoms with van der Waals surface area (Å²) in [5.74, 6) is 3.08. The molecule has 7 heteroatoms. The van der Waals surface area contributed by atoms with E-state index in [4.69, 9.17) is 5.11 Å². The first kappa shape index (κ1) is 15.9. The van der Waals surface area contributed by atoms with Gasteiger partial charge in [0.2, 0.25) is 10.0 Å². The number of aliphatic hydroxyl groups is 1. The van der Waals surface area contributed by atoms with E-state index in [0.29, 0.717) is 6.07 Å². The summed E-state index contributed by atoms with van der Waals surface area (Å²) in [6.45, 7) is 0.0233. The van der Waals surface area contributed by atoms with Crippen molar-refractivity contribution in [2.24, 2.45) is 5.92 Å². The lowest BCUT2D eigenvalue weighted by atomic mass is 10.2. The van der Waals surface area contributed by atoms with Crippen LogP contribution in [0.15, 0.2) is 17.0 Å². The topological polar surface area (TPSA) is 66.4 Å². The van der Waals surface area contributed by atoms with Crippen LogP contribution in [0.5, 0.6) is 0 Å². The molecule has 0 unspecified atom stereocenters. The number of hydrogen-bond donors (Lipinski definition) is 2. The van der Waals surface area contributed by atoms with Crippen molar-refractivity contribution in [3.05, 3.63) is 29.3 Å². The van der Waals surface area contributed by atoms with Crippen LogP contribution in [0.3, 0.4) is 0 Å². The summed E-state index contributed by atoms with van der Waals surface area (Å²) in [7, 11) is -4.09. The minimum Gasteiger partial charge on any atom is -0.395 e. The Morgan fingerprint density at radius 3 is 2.67 bits per heavy atom. The van der Waals surface area contributed by atoms with Gasteiger partial charge in [-0.3, -0.25) is 0 Å². The van der Waals surface area contributed by atoms with Gasteiger partial charge in [-0.15, -0.1) is 0 Å². The van der Waals surface area contributed by atoms with Crippen LogP contribution in [0.25, 0.3) is 0 Å². The fraction of sp³-hybridized carbons (Fsp3) is 0.429. The van der Waals surface area contributed by atoms with Crippen LogP contribution in [0.1, 0.15) is 24.8 Å². The highest BCUT2D eigenvalue weighted by Gasteiger charge is 2.28. The lowest BCUT2D eigenvalue weighted by Gasteiger charge is -2.09. The molecule has 0 aliphatic heterocycles. The Morgan fingerprint density at radius 2 is 2.05 bits per heavy atom. The van der Waals surface area contributed by atoms with Gasteiger partial charge in [-0.2, -0.15) is 0 Å². The van der Waals surface area contributed by atoms with Crippen molar-refractivity contribution in [3.8, 4) is 11.8 Å². The SMILES string of the molecule is O=S(=O)(NCC1CC1)c1c(F)cc(F)cc1C#CCCO. The van der Waals surface area contributed by atoms with Gasteiger partial charge in [-0.1, -0.05) is 11.8 Å². The van der Waals surface area contributed by atoms with E-state index in [-0.39, 0.29) is 31.1 Å². The minimum absolute atomic E-state index is 0.0904. The van der Waals surface area contributed by atoms with Gasteiger partial charge in [-0.05, 0) is 24.8 Å². The maximum atomic E-state index is 13.9. The molecule has 1 aromatic rings. The van der Waals surface area contributed by atoms with Crippen molar-refractivity contribution < 1.29 is 22.3 Å². The third kappa shape index (κ3) is 4.24. The molecule has 0 atom stereocenters. The zero-order chi connectivity index (χ0) is 15.5. The van der Waals surface area contributed by atoms with Crippen LogP contribution in [0.4, 0.5) is 8.78 Å². The smallest absolute Gasteiger partial charge is 0.244 e. The number of sulfonamides is 1. The number of halogens is 2. The molecule has 1 aliphatic rings. The minimum atomic E-state index is -4.09. The molecule has 114 valence electrons. The number of nitrogens with one attached hydrogen (secondary N) is 1. The van der Waals surface area contributed by atoms with E-state index >= 15 is 0 Å². The first-order chi connectivity index (χ1) is 9.94. The molecule has 1 saturated carbocycles. The monoisotopic (exact) mass is 315 g/mol. The average Bonchev–Trinajstić information content (AvgIpc) is 3.19. The molecule has 2 N–H and O–H groups in total. The summed E-state index contributed by atoms with van der Waals surface area (Å²) >= 11 is 0. The first-order valence-electron chi connectivity index (χ1n) is 6.52. The molecule has 0 saturated heterocycles. The molecule has 4 nitrogen and oxygen atoms in total. The predicted octanol–water partition coefficient (Wildman–Crippen LogP) is 1.39. The van der Waals surface area contributed by atoms with E-state index in [2.05, 4.69) is 16.6 Å². The molecule has 0 bridgehead atoms. The van der Waals surface area contributed by atoms with Crippen LogP contribution >= 0.6 is 0 Å². The zero-order valence-electron chi connectivity index (χ0n) is 11.2. The molecule has 0 amide bonds. The van der Waals surface area contributed by atoms with Crippen molar-refractivity contribution in [3.63, 3.8) is 0 Å². The first-order valence-corrected chi connectivity index (χ1v) is 8.01. The lowest BCUT2D eigenvalue weighted by Crippen LogP contribution is -2.27. The average molecular weight is 315 g/mol. The molecule has 1 aromatic carbocycles. The van der Waals surface area contributed by atoms with Crippen LogP contribution in [-0.2, 0) is 10.0 Å². The number of hydrogen-bond acceptors (Lipinski definition) is 3. The zero-order valence-corrected chi connectivity index (χ0v) is 12.0. The number of rotatable bonds is 5. The second-order valence-corrected chi connectivity index (χ2v) is 6.54. The third-order valence-electron chi connectivity index (χ3n) is 3.00. The molecule has 21 heavy (non-hydrogen) atoms. The molecule has 1 aliphatic carbocycles. The molecule has 0 heterocycles. The Balaban J connectivity index is 2.38. The van der Waals surface area contributed by atoms with Gasteiger partial charge in [0.15, 0.2) is 0 Å². The standard InChI is InChI=1S/C14H15F2NO3S/c15-12-7-11(3-1-2-6-18)14(13(16)8-12)21(19,20)17-9-10-4-5-10/h7-8,10,17-18H,2,4-6,9H2. The molecule has 2 rings (SSSR count). The predicted molar refractivity (Wildman–Crippen MR) is 72.9 cm³/mol. The Hall–Kier alpha value is -1.49. The van der Waals surface area contributed by atoms with Crippen LogP contribution in [0.2, 0.25) is 0 Å². The number of benzene rings is 1. The van der Waals surface area contributed by atoms with Gasteiger partial charge in [0.1, 0.15) is 16.5 Å². The van der Waals surface area contributed by atoms with E-state index < -0.39 is 26.6 Å². The van der Waals surface area contributed by atoms with E-state index in [1.54, 1.807) is 0 Å². The Bertz CT molecular complexity index is 688. The van der Waals surface area contributed by atoms with Gasteiger partial charge in [0, 0.05) is 19.0 Å². The summed E-state index contributed by atoms with van der Waals surface area (Å²) in [5.41, 5.74) is -0.246. The molecular formula is C14H15F2NO3S. The normalized spacial score (nSPS) is 14.6. The summed E-state index contributed by atoms with van der Waals surface area (Å²) < 4.78 is 53.8. The fourth-order valence-electron chi connectivity index (χ4n) is 1.76. The molecule has 0 spiro atoms. The van der Waals surface area contributed by atoms with E-state index in [9.17, 15) is 17.2 Å². The van der Waals surface area contributed by atoms with E-state index in [1.807, 2.05) is 0 Å². The van der Waals surface area contributed by atoms with Crippen LogP contribution < -0.4 is 4.72 Å². The summed E-state index contributed by atoms with van der Waals surface area (Å²) in [4.78, 5) is -0.644. The Labute approximate surface area is 122 Å². The summed E-state index contributed by atoms with van der Waals surface area (Å²) in [6, 6.07) is 1.39. The third-order valence-corrected chi connectivity index (χ3v) is 4.49. The largest absolute Gasteiger partial charge is 0.395 e. The number of aliphatic hydroxyl groups excluding tert-OH is 1. The maximum Gasteiger partial charge on any atom is 0.244 e. The quantitative estimate of drug-likeness (QED) is 0.807. The Kier molecular flexibility index (Phi) is 4.93. The highest BCUT2D eigenvalue weighted by Crippen LogP contribution is 2.28. The van der Waals surface area contributed by atoms with Crippen LogP contribution in [0, 0.1) is 29.4 Å². The van der Waals surface area contributed by atoms with Crippen molar-refractivity contribution >= 4 is 10.0 Å². The van der Waals surface area contributed by atoms with Gasteiger partial charge in [0.05, 0.1) is 12.2 Å². The van der Waals surface area contributed by atoms with Crippen molar-refractivity contribution in [2.75, 3.05) is 13.2 Å². The summed E-state index contributed by atoms with van der Waals surface area (Å²) in [5, 5.41) is 8.65. The van der Waals surface area contributed by atoms with Gasteiger partial charge < -0.3 is 5.11 Å². The lowest BCUT2D eigenvalue weighted by molar-refractivity contribution is 0.305. The summed E-state index contributed by atoms with van der Waals surface area (Å²) in [6.07, 6.45) is 1.97. The van der Waals surface area contributed by atoms with Crippen molar-refractivity contribution in [1.82, 2.24) is 4.72 Å². The Morgan fingerprint density at radius 1 is 1.33 bits per heavy atom. The molecular weight excluding hydrogens is 300 g/mol. The van der Waals surface area contributed by atoms with Crippen molar-refractivity contribution in [2.45, 2.75) is 24.2 Å². The highest BCUT2D eigenvalue weighted by atomic mass is 32.2. The second kappa shape index (κ2) is 6.52. The fourth-order valence-corrected chi connectivity index (χ4v) is 3.08. The van der Waals surface area contributed by atoms with Crippen LogP contribution in [-0.4, -0.2) is 26.7 Å². The van der Waals surface area contributed by atoms with E-state index in [1.165, 1.54) is 0 Å². The van der Waals surface area contributed by atoms with Gasteiger partial charge >= 0.3 is 0 Å². The highest BCUT2D eigenvalue weighted by molar-refractivity contribution is 7.89. The molecule has 0 aromatic heterocycles. The molecule has 1 fully saturated rings. The second-order valence-electron chi connectivity index (χ2n) is 4.83. The van der Waals surface area contributed by atoms with Gasteiger partial charge in [-0.25, -0.2) is 21.9 Å². The molecule has 0 radical (unpaired) electrons. The van der Waals surface area contributed by atoms with E-state index in [0.717, 1.165) is 18.9 Å².